The second-order valence-corrected chi connectivity index (χ2v) is 9.93. The lowest BCUT2D eigenvalue weighted by Crippen LogP contribution is -2.45. The summed E-state index contributed by atoms with van der Waals surface area (Å²) in [6.07, 6.45) is 6.92. The second kappa shape index (κ2) is 10.5. The van der Waals surface area contributed by atoms with Gasteiger partial charge in [0.25, 0.3) is 0 Å². The Labute approximate surface area is 204 Å². The average molecular weight is 451 g/mol. The zero-order valence-corrected chi connectivity index (χ0v) is 19.9. The van der Waals surface area contributed by atoms with E-state index in [1.165, 1.54) is 25.7 Å². The van der Waals surface area contributed by atoms with Crippen LogP contribution in [0.3, 0.4) is 0 Å². The smallest absolute Gasteiger partial charge is 0.119 e. The number of hydrogen-bond donors (Lipinski definition) is 0. The highest BCUT2D eigenvalue weighted by Crippen LogP contribution is 2.46. The highest BCUT2D eigenvalue weighted by molar-refractivity contribution is 5.46. The van der Waals surface area contributed by atoms with Crippen molar-refractivity contribution in [3.8, 4) is 11.8 Å². The molecule has 0 N–H and O–H groups in total. The zero-order chi connectivity index (χ0) is 23.2. The SMILES string of the molecule is N#CC(CC1C[C@H]2CC[C@@H](C1)N2CCCOc1ccccc1)(c1ccccc1)c1ccccc1. The monoisotopic (exact) mass is 450 g/mol. The fourth-order valence-corrected chi connectivity index (χ4v) is 6.33. The van der Waals surface area contributed by atoms with Gasteiger partial charge in [-0.05, 0) is 67.7 Å². The van der Waals surface area contributed by atoms with Gasteiger partial charge >= 0.3 is 0 Å². The molecule has 0 aliphatic carbocycles. The third kappa shape index (κ3) is 4.74. The number of benzene rings is 3. The number of fused-ring (bicyclic) bond motifs is 2. The summed E-state index contributed by atoms with van der Waals surface area (Å²) in [5.41, 5.74) is 1.66. The molecule has 2 aliphatic heterocycles. The lowest BCUT2D eigenvalue weighted by Gasteiger charge is -2.41. The lowest BCUT2D eigenvalue weighted by molar-refractivity contribution is 0.0894. The number of hydrogen-bond acceptors (Lipinski definition) is 3. The van der Waals surface area contributed by atoms with E-state index in [1.54, 1.807) is 0 Å². The molecule has 0 amide bonds. The van der Waals surface area contributed by atoms with Crippen LogP contribution in [0.4, 0.5) is 0 Å². The summed E-state index contributed by atoms with van der Waals surface area (Å²) in [6, 6.07) is 35.0. The minimum atomic E-state index is -0.585. The first-order valence-corrected chi connectivity index (χ1v) is 12.7. The number of rotatable bonds is 9. The van der Waals surface area contributed by atoms with Crippen LogP contribution in [-0.2, 0) is 5.41 Å². The molecule has 0 spiro atoms. The van der Waals surface area contributed by atoms with E-state index in [1.807, 2.05) is 42.5 Å². The molecule has 3 aromatic rings. The van der Waals surface area contributed by atoms with E-state index < -0.39 is 5.41 Å². The summed E-state index contributed by atoms with van der Waals surface area (Å²) >= 11 is 0. The highest BCUT2D eigenvalue weighted by atomic mass is 16.5. The molecule has 1 unspecified atom stereocenters. The van der Waals surface area contributed by atoms with Crippen LogP contribution in [0.25, 0.3) is 0 Å². The standard InChI is InChI=1S/C31H34N2O/c32-24-31(26-11-4-1-5-12-26,27-13-6-2-7-14-27)23-25-21-28-17-18-29(22-25)33(28)19-10-20-34-30-15-8-3-9-16-30/h1-9,11-16,25,28-29H,10,17-23H2/t25?,28-,29+. The van der Waals surface area contributed by atoms with Gasteiger partial charge in [-0.3, -0.25) is 4.90 Å². The molecule has 174 valence electrons. The molecule has 2 heterocycles. The molecule has 0 saturated carbocycles. The maximum atomic E-state index is 10.6. The van der Waals surface area contributed by atoms with Crippen molar-refractivity contribution in [1.82, 2.24) is 4.90 Å². The third-order valence-electron chi connectivity index (χ3n) is 7.87. The van der Waals surface area contributed by atoms with Crippen molar-refractivity contribution in [2.75, 3.05) is 13.2 Å². The summed E-state index contributed by atoms with van der Waals surface area (Å²) in [5.74, 6) is 1.52. The van der Waals surface area contributed by atoms with Crippen LogP contribution in [0.2, 0.25) is 0 Å². The molecule has 2 aliphatic rings. The van der Waals surface area contributed by atoms with Crippen LogP contribution >= 0.6 is 0 Å². The predicted molar refractivity (Wildman–Crippen MR) is 137 cm³/mol. The van der Waals surface area contributed by atoms with Gasteiger partial charge in [-0.15, -0.1) is 0 Å². The molecule has 0 radical (unpaired) electrons. The summed E-state index contributed by atoms with van der Waals surface area (Å²) in [4.78, 5) is 2.74. The largest absolute Gasteiger partial charge is 0.494 e. The van der Waals surface area contributed by atoms with Crippen molar-refractivity contribution in [2.24, 2.45) is 5.92 Å². The first kappa shape index (κ1) is 22.7. The molecular formula is C31H34N2O. The van der Waals surface area contributed by atoms with Gasteiger partial charge in [0, 0.05) is 18.6 Å². The van der Waals surface area contributed by atoms with E-state index in [9.17, 15) is 5.26 Å². The molecule has 2 saturated heterocycles. The Kier molecular flexibility index (Phi) is 6.97. The van der Waals surface area contributed by atoms with Crippen molar-refractivity contribution in [2.45, 2.75) is 56.0 Å². The van der Waals surface area contributed by atoms with Crippen molar-refractivity contribution < 1.29 is 4.74 Å². The molecule has 3 heteroatoms. The predicted octanol–water partition coefficient (Wildman–Crippen LogP) is 6.60. The molecule has 3 nitrogen and oxygen atoms in total. The van der Waals surface area contributed by atoms with Gasteiger partial charge in [0.15, 0.2) is 0 Å². The van der Waals surface area contributed by atoms with Crippen molar-refractivity contribution in [1.29, 1.82) is 5.26 Å². The molecule has 3 atom stereocenters. The summed E-state index contributed by atoms with van der Waals surface area (Å²) < 4.78 is 5.92. The van der Waals surface area contributed by atoms with E-state index in [2.05, 4.69) is 59.5 Å². The normalized spacial score (nSPS) is 22.3. The molecule has 0 aromatic heterocycles. The topological polar surface area (TPSA) is 36.3 Å². The van der Waals surface area contributed by atoms with Gasteiger partial charge in [-0.2, -0.15) is 5.26 Å². The quantitative estimate of drug-likeness (QED) is 0.345. The van der Waals surface area contributed by atoms with Crippen LogP contribution in [0.1, 0.15) is 49.7 Å². The summed E-state index contributed by atoms with van der Waals surface area (Å²) in [6.45, 7) is 1.87. The fourth-order valence-electron chi connectivity index (χ4n) is 6.33. The Balaban J connectivity index is 1.25. The Morgan fingerprint density at radius 3 is 1.85 bits per heavy atom. The molecule has 3 aromatic carbocycles. The minimum absolute atomic E-state index is 0.564. The van der Waals surface area contributed by atoms with Crippen molar-refractivity contribution >= 4 is 0 Å². The number of piperidine rings is 1. The Hall–Kier alpha value is -3.09. The highest BCUT2D eigenvalue weighted by Gasteiger charge is 2.44. The maximum absolute atomic E-state index is 10.6. The van der Waals surface area contributed by atoms with Crippen molar-refractivity contribution in [3.05, 3.63) is 102 Å². The molecule has 34 heavy (non-hydrogen) atoms. The number of ether oxygens (including phenoxy) is 1. The molecule has 5 rings (SSSR count). The van der Waals surface area contributed by atoms with E-state index in [0.29, 0.717) is 18.0 Å². The minimum Gasteiger partial charge on any atom is -0.494 e. The fraction of sp³-hybridized carbons (Fsp3) is 0.387. The Bertz CT molecular complexity index is 1020. The lowest BCUT2D eigenvalue weighted by atomic mass is 9.68. The van der Waals surface area contributed by atoms with Crippen LogP contribution in [0.5, 0.6) is 5.75 Å². The third-order valence-corrected chi connectivity index (χ3v) is 7.87. The van der Waals surface area contributed by atoms with Crippen LogP contribution < -0.4 is 4.74 Å². The second-order valence-electron chi connectivity index (χ2n) is 9.93. The average Bonchev–Trinajstić information content (AvgIpc) is 3.14. The van der Waals surface area contributed by atoms with Crippen molar-refractivity contribution in [3.63, 3.8) is 0 Å². The van der Waals surface area contributed by atoms with Gasteiger partial charge in [0.1, 0.15) is 11.2 Å². The molecule has 2 bridgehead atoms. The number of para-hydroxylation sites is 1. The van der Waals surface area contributed by atoms with E-state index >= 15 is 0 Å². The van der Waals surface area contributed by atoms with Gasteiger partial charge < -0.3 is 4.74 Å². The van der Waals surface area contributed by atoms with Crippen LogP contribution in [0.15, 0.2) is 91.0 Å². The van der Waals surface area contributed by atoms with E-state index in [4.69, 9.17) is 4.74 Å². The Morgan fingerprint density at radius 2 is 1.32 bits per heavy atom. The molecule has 2 fully saturated rings. The van der Waals surface area contributed by atoms with Gasteiger partial charge in [0.05, 0.1) is 12.7 Å². The van der Waals surface area contributed by atoms with Gasteiger partial charge in [-0.25, -0.2) is 0 Å². The maximum Gasteiger partial charge on any atom is 0.119 e. The number of nitriles is 1. The number of nitrogens with zero attached hydrogens (tertiary/aromatic N) is 2. The first-order valence-electron chi connectivity index (χ1n) is 12.7. The first-order chi connectivity index (χ1) is 16.8. The van der Waals surface area contributed by atoms with Crippen LogP contribution in [-0.4, -0.2) is 30.1 Å². The van der Waals surface area contributed by atoms with E-state index in [-0.39, 0.29) is 0 Å². The Morgan fingerprint density at radius 1 is 0.794 bits per heavy atom. The summed E-state index contributed by atoms with van der Waals surface area (Å²) in [7, 11) is 0. The summed E-state index contributed by atoms with van der Waals surface area (Å²) in [5, 5.41) is 10.6. The van der Waals surface area contributed by atoms with Gasteiger partial charge in [0.2, 0.25) is 0 Å². The van der Waals surface area contributed by atoms with E-state index in [0.717, 1.165) is 42.9 Å². The van der Waals surface area contributed by atoms with Crippen LogP contribution in [0, 0.1) is 17.2 Å². The molecular weight excluding hydrogens is 416 g/mol. The van der Waals surface area contributed by atoms with Gasteiger partial charge in [-0.1, -0.05) is 78.9 Å². The zero-order valence-electron chi connectivity index (χ0n) is 19.9.